The standard InChI is InChI=1S/2C31H35.C12H9Si.2ClH.Zr/c2*1-20(2)14-23-15-25-12-13-29(24-10-8-7-9-11-24)31(30(25)16-23)28-18-26(21(3)4)17-27(19-28)22(5)6;1-3-7-11-9(5-1)10-6-2-4-8-12(10)13-11;;;/h2*7-13,15-22H,14H2,1-6H3;1-7H,13H2;2*1H;/q;;;;;+2/p-2. The molecule has 4 heteroatoms. The zero-order valence-electron chi connectivity index (χ0n) is 48.2. The van der Waals surface area contributed by atoms with Crippen LogP contribution in [0.25, 0.3) is 67.8 Å². The van der Waals surface area contributed by atoms with Gasteiger partial charge in [-0.15, -0.1) is 0 Å². The van der Waals surface area contributed by atoms with Crippen molar-refractivity contribution in [1.29, 1.82) is 0 Å². The normalized spacial score (nSPS) is 16.5. The molecule has 0 amide bonds. The van der Waals surface area contributed by atoms with Gasteiger partial charge in [0.2, 0.25) is 0 Å². The predicted molar refractivity (Wildman–Crippen MR) is 342 cm³/mol. The van der Waals surface area contributed by atoms with E-state index in [0.29, 0.717) is 35.5 Å². The molecule has 0 saturated heterocycles. The van der Waals surface area contributed by atoms with Gasteiger partial charge in [-0.05, 0) is 0 Å². The Morgan fingerprint density at radius 3 is 1.21 bits per heavy atom. The quantitative estimate of drug-likeness (QED) is 0.0898. The van der Waals surface area contributed by atoms with E-state index in [1.165, 1.54) is 125 Å². The predicted octanol–water partition coefficient (Wildman–Crippen LogP) is 19.9. The molecule has 0 bridgehead atoms. The van der Waals surface area contributed by atoms with Crippen LogP contribution in [0.2, 0.25) is 0 Å². The van der Waals surface area contributed by atoms with Crippen molar-refractivity contribution in [3.63, 3.8) is 0 Å². The summed E-state index contributed by atoms with van der Waals surface area (Å²) in [5.41, 5.74) is 26.3. The first-order valence-electron chi connectivity index (χ1n) is 29.3. The Labute approximate surface area is 478 Å². The molecular weight excluding hydrogens is 1080 g/mol. The van der Waals surface area contributed by atoms with Gasteiger partial charge in [0.15, 0.2) is 0 Å². The third kappa shape index (κ3) is 9.61. The van der Waals surface area contributed by atoms with E-state index in [0.717, 1.165) is 12.8 Å². The van der Waals surface area contributed by atoms with E-state index in [4.69, 9.17) is 0 Å². The Hall–Kier alpha value is -5.08. The van der Waals surface area contributed by atoms with Crippen molar-refractivity contribution >= 4 is 52.3 Å². The van der Waals surface area contributed by atoms with E-state index in [1.54, 1.807) is 0 Å². The average molecular weight is 1160 g/mol. The first kappa shape index (κ1) is 54.9. The molecular formula is C74H79Cl2SiZr. The molecule has 0 saturated carbocycles. The van der Waals surface area contributed by atoms with Crippen LogP contribution in [0, 0.1) is 11.8 Å². The first-order chi connectivity index (χ1) is 37.3. The van der Waals surface area contributed by atoms with Gasteiger partial charge in [0.1, 0.15) is 0 Å². The zero-order valence-corrected chi connectivity index (χ0v) is 53.6. The van der Waals surface area contributed by atoms with Gasteiger partial charge in [-0.1, -0.05) is 0 Å². The van der Waals surface area contributed by atoms with Crippen molar-refractivity contribution < 1.29 is 16.4 Å². The van der Waals surface area contributed by atoms with Crippen molar-refractivity contribution in [2.45, 2.75) is 127 Å². The number of halogens is 2. The van der Waals surface area contributed by atoms with Crippen molar-refractivity contribution in [2.24, 2.45) is 11.8 Å². The summed E-state index contributed by atoms with van der Waals surface area (Å²) in [6.45, 7) is 28.2. The van der Waals surface area contributed by atoms with E-state index >= 15 is 0 Å². The van der Waals surface area contributed by atoms with Gasteiger partial charge < -0.3 is 0 Å². The van der Waals surface area contributed by atoms with E-state index < -0.39 is 25.9 Å². The van der Waals surface area contributed by atoms with Gasteiger partial charge in [0.25, 0.3) is 0 Å². The minimum atomic E-state index is -6.00. The van der Waals surface area contributed by atoms with E-state index in [9.17, 15) is 17.0 Å². The Bertz CT molecular complexity index is 3420. The van der Waals surface area contributed by atoms with Crippen molar-refractivity contribution in [1.82, 2.24) is 0 Å². The van der Waals surface area contributed by atoms with Gasteiger partial charge in [-0.2, -0.15) is 0 Å². The van der Waals surface area contributed by atoms with Crippen LogP contribution in [0.5, 0.6) is 0 Å². The van der Waals surface area contributed by atoms with Gasteiger partial charge in [0.05, 0.1) is 0 Å². The number of hydrogen-bond acceptors (Lipinski definition) is 0. The maximum absolute atomic E-state index is 9.86. The van der Waals surface area contributed by atoms with Crippen molar-refractivity contribution in [3.05, 3.63) is 219 Å². The molecule has 1 aliphatic heterocycles. The Kier molecular flexibility index (Phi) is 15.1. The number of fused-ring (bicyclic) bond motifs is 5. The molecule has 0 spiro atoms. The second kappa shape index (κ2) is 21.4. The topological polar surface area (TPSA) is 0 Å². The number of allylic oxidation sites excluding steroid dienone is 2. The molecule has 1 heterocycles. The number of rotatable bonds is 15. The molecule has 0 fully saturated rings. The molecule has 78 heavy (non-hydrogen) atoms. The molecule has 0 N–H and O–H groups in total. The summed E-state index contributed by atoms with van der Waals surface area (Å²) in [6, 6.07) is 63.2. The van der Waals surface area contributed by atoms with Crippen LogP contribution in [0.1, 0.15) is 171 Å². The SMILES string of the molecule is CC(C)CC1=Cc2c(ccc(-c3ccccc3)c2-c2cc(C(C)C)cc(C(C)C)c2)[CH]1[Zr]([Cl])([Cl])([c]1cccc2c1[SiH2]c1ccccc1-2)[CH]1C(CC(C)C)=Cc2c1ccc(-c1ccccc1)c2-c1cc(C(C)C)cc(C(C)C)c1. The monoisotopic (exact) mass is 1160 g/mol. The third-order valence-electron chi connectivity index (χ3n) is 17.7. The van der Waals surface area contributed by atoms with Crippen LogP contribution in [0.15, 0.2) is 175 Å². The summed E-state index contributed by atoms with van der Waals surface area (Å²) in [5.74, 6) is 2.23. The van der Waals surface area contributed by atoms with Gasteiger partial charge in [-0.25, -0.2) is 0 Å². The molecule has 8 aromatic rings. The van der Waals surface area contributed by atoms with Gasteiger partial charge in [0, 0.05) is 0 Å². The van der Waals surface area contributed by atoms with Crippen LogP contribution in [0.4, 0.5) is 0 Å². The summed E-state index contributed by atoms with van der Waals surface area (Å²) in [5, 5.41) is 2.95. The van der Waals surface area contributed by atoms with Crippen LogP contribution in [0.3, 0.4) is 0 Å². The minimum absolute atomic E-state index is 0.196. The zero-order chi connectivity index (χ0) is 55.0. The Morgan fingerprint density at radius 2 is 0.795 bits per heavy atom. The average Bonchev–Trinajstić information content (AvgIpc) is 2.71. The number of hydrogen-bond donors (Lipinski definition) is 0. The molecule has 3 aliphatic rings. The maximum atomic E-state index is 9.86. The van der Waals surface area contributed by atoms with Crippen LogP contribution in [-0.4, -0.2) is 9.52 Å². The molecule has 2 atom stereocenters. The second-order valence-electron chi connectivity index (χ2n) is 25.4. The third-order valence-corrected chi connectivity index (χ3v) is 40.5. The Balaban J connectivity index is 1.28. The fourth-order valence-electron chi connectivity index (χ4n) is 14.0. The summed E-state index contributed by atoms with van der Waals surface area (Å²) in [4.78, 5) is 0. The van der Waals surface area contributed by atoms with Crippen LogP contribution < -0.4 is 13.6 Å². The summed E-state index contributed by atoms with van der Waals surface area (Å²) < 4.78 is 0.895. The van der Waals surface area contributed by atoms with Crippen molar-refractivity contribution in [2.75, 3.05) is 0 Å². The first-order valence-corrected chi connectivity index (χ1v) is 41.1. The molecule has 0 radical (unpaired) electrons. The molecule has 0 aromatic heterocycles. The molecule has 8 aromatic carbocycles. The Morgan fingerprint density at radius 1 is 0.397 bits per heavy atom. The molecule has 2 aliphatic carbocycles. The molecule has 397 valence electrons. The molecule has 2 unspecified atom stereocenters. The van der Waals surface area contributed by atoms with Gasteiger partial charge >= 0.3 is 483 Å². The van der Waals surface area contributed by atoms with E-state index in [2.05, 4.69) is 259 Å². The second-order valence-corrected chi connectivity index (χ2v) is 47.9. The number of benzene rings is 8. The molecule has 0 nitrogen and oxygen atoms in total. The van der Waals surface area contributed by atoms with Crippen LogP contribution in [-0.2, 0) is 16.4 Å². The summed E-state index contributed by atoms with van der Waals surface area (Å²) in [7, 11) is 18.8. The summed E-state index contributed by atoms with van der Waals surface area (Å²) >= 11 is -6.00. The van der Waals surface area contributed by atoms with E-state index in [1.807, 2.05) is 0 Å². The van der Waals surface area contributed by atoms with Crippen molar-refractivity contribution in [3.8, 4) is 55.6 Å². The fraction of sp³-hybridized carbons (Fsp3) is 0.297. The van der Waals surface area contributed by atoms with Gasteiger partial charge in [-0.3, -0.25) is 0 Å². The summed E-state index contributed by atoms with van der Waals surface area (Å²) in [6.07, 6.45) is 7.03. The fourth-order valence-corrected chi connectivity index (χ4v) is 41.8. The molecule has 11 rings (SSSR count). The van der Waals surface area contributed by atoms with Crippen LogP contribution >= 0.6 is 17.0 Å². The van der Waals surface area contributed by atoms with E-state index in [-0.39, 0.29) is 7.25 Å².